The molecule has 1 unspecified atom stereocenters. The molecule has 1 aliphatic rings. The van der Waals surface area contributed by atoms with Gasteiger partial charge in [-0.3, -0.25) is 0 Å². The van der Waals surface area contributed by atoms with Crippen molar-refractivity contribution in [2.45, 2.75) is 25.8 Å². The van der Waals surface area contributed by atoms with Crippen molar-refractivity contribution in [1.82, 2.24) is 9.97 Å². The molecule has 0 bridgehead atoms. The van der Waals surface area contributed by atoms with Crippen molar-refractivity contribution in [3.63, 3.8) is 0 Å². The molecule has 0 radical (unpaired) electrons. The molecule has 4 nitrogen and oxygen atoms in total. The predicted molar refractivity (Wildman–Crippen MR) is 76.7 cm³/mol. The van der Waals surface area contributed by atoms with Gasteiger partial charge in [0.05, 0.1) is 18.2 Å². The van der Waals surface area contributed by atoms with Crippen LogP contribution < -0.4 is 4.90 Å². The number of nitrogens with zero attached hydrogens (tertiary/aromatic N) is 3. The topological polar surface area (TPSA) is 49.2 Å². The molecule has 3 rings (SSSR count). The molecule has 1 atom stereocenters. The molecule has 19 heavy (non-hydrogen) atoms. The van der Waals surface area contributed by atoms with E-state index in [1.807, 2.05) is 25.1 Å². The van der Waals surface area contributed by atoms with Crippen LogP contribution in [0.25, 0.3) is 10.9 Å². The summed E-state index contributed by atoms with van der Waals surface area (Å²) in [7, 11) is 0. The Kier molecular flexibility index (Phi) is 3.29. The summed E-state index contributed by atoms with van der Waals surface area (Å²) in [4.78, 5) is 10.8. The second-order valence-corrected chi connectivity index (χ2v) is 5.35. The van der Waals surface area contributed by atoms with E-state index in [-0.39, 0.29) is 17.9 Å². The minimum absolute atomic E-state index is 0.135. The standard InChI is InChI=1S/C14H16ClN3O/c1-9-4-5-11-12(7-9)16-14(15)17-13(11)18-6-2-3-10(18)8-19/h4-5,7,10,19H,2-3,6,8H2,1H3. The van der Waals surface area contributed by atoms with Gasteiger partial charge >= 0.3 is 0 Å². The number of hydrogen-bond acceptors (Lipinski definition) is 4. The van der Waals surface area contributed by atoms with E-state index in [9.17, 15) is 5.11 Å². The Bertz CT molecular complexity index is 612. The van der Waals surface area contributed by atoms with Crippen LogP contribution in [0.3, 0.4) is 0 Å². The molecule has 2 aromatic rings. The molecule has 1 saturated heterocycles. The minimum Gasteiger partial charge on any atom is -0.394 e. The zero-order chi connectivity index (χ0) is 13.4. The van der Waals surface area contributed by atoms with Gasteiger partial charge in [0.15, 0.2) is 0 Å². The Morgan fingerprint density at radius 3 is 3.05 bits per heavy atom. The first-order valence-corrected chi connectivity index (χ1v) is 6.88. The maximum Gasteiger partial charge on any atom is 0.224 e. The second-order valence-electron chi connectivity index (χ2n) is 5.01. The lowest BCUT2D eigenvalue weighted by Crippen LogP contribution is -2.33. The quantitative estimate of drug-likeness (QED) is 0.857. The fraction of sp³-hybridized carbons (Fsp3) is 0.429. The highest BCUT2D eigenvalue weighted by molar-refractivity contribution is 6.28. The lowest BCUT2D eigenvalue weighted by molar-refractivity contribution is 0.266. The molecular formula is C14H16ClN3O. The van der Waals surface area contributed by atoms with Crippen LogP contribution in [0, 0.1) is 6.92 Å². The smallest absolute Gasteiger partial charge is 0.224 e. The third-order valence-corrected chi connectivity index (χ3v) is 3.83. The normalized spacial score (nSPS) is 19.3. The molecule has 1 aromatic carbocycles. The number of hydrogen-bond donors (Lipinski definition) is 1. The molecule has 1 aliphatic heterocycles. The number of halogens is 1. The fourth-order valence-electron chi connectivity index (χ4n) is 2.72. The number of aromatic nitrogens is 2. The predicted octanol–water partition coefficient (Wildman–Crippen LogP) is 2.55. The van der Waals surface area contributed by atoms with Gasteiger partial charge in [0.2, 0.25) is 5.28 Å². The number of benzene rings is 1. The van der Waals surface area contributed by atoms with Gasteiger partial charge in [-0.25, -0.2) is 4.98 Å². The van der Waals surface area contributed by atoms with Gasteiger partial charge in [-0.05, 0) is 49.1 Å². The van der Waals surface area contributed by atoms with Crippen molar-refractivity contribution in [1.29, 1.82) is 0 Å². The summed E-state index contributed by atoms with van der Waals surface area (Å²) in [6.07, 6.45) is 2.06. The molecule has 1 N–H and O–H groups in total. The van der Waals surface area contributed by atoms with E-state index in [1.165, 1.54) is 0 Å². The number of aliphatic hydroxyl groups excluding tert-OH is 1. The van der Waals surface area contributed by atoms with Crippen LogP contribution in [-0.4, -0.2) is 34.3 Å². The fourth-order valence-corrected chi connectivity index (χ4v) is 2.89. The van der Waals surface area contributed by atoms with Crippen LogP contribution >= 0.6 is 11.6 Å². The van der Waals surface area contributed by atoms with E-state index in [1.54, 1.807) is 0 Å². The maximum absolute atomic E-state index is 9.47. The summed E-state index contributed by atoms with van der Waals surface area (Å²) in [5.74, 6) is 0.839. The van der Waals surface area contributed by atoms with E-state index >= 15 is 0 Å². The van der Waals surface area contributed by atoms with E-state index < -0.39 is 0 Å². The maximum atomic E-state index is 9.47. The lowest BCUT2D eigenvalue weighted by atomic mass is 10.1. The van der Waals surface area contributed by atoms with Crippen LogP contribution in [0.4, 0.5) is 5.82 Å². The summed E-state index contributed by atoms with van der Waals surface area (Å²) < 4.78 is 0. The monoisotopic (exact) mass is 277 g/mol. The minimum atomic E-state index is 0.135. The number of fused-ring (bicyclic) bond motifs is 1. The Morgan fingerprint density at radius 1 is 1.42 bits per heavy atom. The molecule has 2 heterocycles. The first-order valence-electron chi connectivity index (χ1n) is 6.50. The zero-order valence-electron chi connectivity index (χ0n) is 10.8. The van der Waals surface area contributed by atoms with E-state index in [0.29, 0.717) is 0 Å². The van der Waals surface area contributed by atoms with Gasteiger partial charge in [0, 0.05) is 11.9 Å². The Morgan fingerprint density at radius 2 is 2.26 bits per heavy atom. The molecule has 1 fully saturated rings. The van der Waals surface area contributed by atoms with Gasteiger partial charge in [0.1, 0.15) is 5.82 Å². The lowest BCUT2D eigenvalue weighted by Gasteiger charge is -2.25. The van der Waals surface area contributed by atoms with E-state index in [0.717, 1.165) is 41.7 Å². The Hall–Kier alpha value is -1.39. The van der Waals surface area contributed by atoms with E-state index in [2.05, 4.69) is 14.9 Å². The highest BCUT2D eigenvalue weighted by atomic mass is 35.5. The summed E-state index contributed by atoms with van der Waals surface area (Å²) in [5, 5.41) is 10.7. The van der Waals surface area contributed by atoms with Gasteiger partial charge < -0.3 is 10.0 Å². The van der Waals surface area contributed by atoms with Gasteiger partial charge in [0.25, 0.3) is 0 Å². The largest absolute Gasteiger partial charge is 0.394 e. The van der Waals surface area contributed by atoms with Crippen molar-refractivity contribution >= 4 is 28.3 Å². The molecule has 1 aromatic heterocycles. The van der Waals surface area contributed by atoms with Gasteiger partial charge in [-0.2, -0.15) is 4.98 Å². The van der Waals surface area contributed by atoms with Crippen molar-refractivity contribution < 1.29 is 5.11 Å². The second kappa shape index (κ2) is 4.94. The van der Waals surface area contributed by atoms with Gasteiger partial charge in [-0.15, -0.1) is 0 Å². The molecular weight excluding hydrogens is 262 g/mol. The summed E-state index contributed by atoms with van der Waals surface area (Å²) in [6.45, 7) is 3.08. The Labute approximate surface area is 117 Å². The third-order valence-electron chi connectivity index (χ3n) is 3.66. The average molecular weight is 278 g/mol. The van der Waals surface area contributed by atoms with Crippen molar-refractivity contribution in [3.05, 3.63) is 29.0 Å². The van der Waals surface area contributed by atoms with Crippen LogP contribution in [0.5, 0.6) is 0 Å². The number of aryl methyl sites for hydroxylation is 1. The van der Waals surface area contributed by atoms with Crippen molar-refractivity contribution in [3.8, 4) is 0 Å². The summed E-state index contributed by atoms with van der Waals surface area (Å²) in [5.41, 5.74) is 2.01. The first-order chi connectivity index (χ1) is 9.19. The molecule has 100 valence electrons. The number of aliphatic hydroxyl groups is 1. The van der Waals surface area contributed by atoms with Crippen LogP contribution in [0.2, 0.25) is 5.28 Å². The van der Waals surface area contributed by atoms with Gasteiger partial charge in [-0.1, -0.05) is 6.07 Å². The van der Waals surface area contributed by atoms with Crippen molar-refractivity contribution in [2.75, 3.05) is 18.1 Å². The molecule has 5 heteroatoms. The van der Waals surface area contributed by atoms with Crippen molar-refractivity contribution in [2.24, 2.45) is 0 Å². The number of rotatable bonds is 2. The highest BCUT2D eigenvalue weighted by Gasteiger charge is 2.26. The highest BCUT2D eigenvalue weighted by Crippen LogP contribution is 2.31. The molecule has 0 amide bonds. The third kappa shape index (κ3) is 2.26. The molecule has 0 saturated carbocycles. The summed E-state index contributed by atoms with van der Waals surface area (Å²) in [6, 6.07) is 6.22. The Balaban J connectivity index is 2.17. The first kappa shape index (κ1) is 12.6. The van der Waals surface area contributed by atoms with Crippen LogP contribution in [-0.2, 0) is 0 Å². The summed E-state index contributed by atoms with van der Waals surface area (Å²) >= 11 is 6.03. The zero-order valence-corrected chi connectivity index (χ0v) is 11.6. The molecule has 0 aliphatic carbocycles. The average Bonchev–Trinajstić information content (AvgIpc) is 2.85. The SMILES string of the molecule is Cc1ccc2c(N3CCCC3CO)nc(Cl)nc2c1. The van der Waals surface area contributed by atoms with Crippen LogP contribution in [0.1, 0.15) is 18.4 Å². The molecule has 0 spiro atoms. The van der Waals surface area contributed by atoms with E-state index in [4.69, 9.17) is 11.6 Å². The number of anilines is 1. The van der Waals surface area contributed by atoms with Crippen LogP contribution in [0.15, 0.2) is 18.2 Å².